The quantitative estimate of drug-likeness (QED) is 0.195. The summed E-state index contributed by atoms with van der Waals surface area (Å²) in [5, 5.41) is 14.7. The maximum atomic E-state index is 11.2. The Morgan fingerprint density at radius 2 is 2.19 bits per heavy atom. The zero-order valence-corrected chi connectivity index (χ0v) is 17.6. The van der Waals surface area contributed by atoms with Crippen LogP contribution in [0.4, 0.5) is 0 Å². The molecule has 0 radical (unpaired) electrons. The topological polar surface area (TPSA) is 106 Å². The summed E-state index contributed by atoms with van der Waals surface area (Å²) in [4.78, 5) is 19.4. The summed E-state index contributed by atoms with van der Waals surface area (Å²) in [6.45, 7) is 1.16. The predicted molar refractivity (Wildman–Crippen MR) is 109 cm³/mol. The van der Waals surface area contributed by atoms with E-state index in [1.165, 1.54) is 11.8 Å². The summed E-state index contributed by atoms with van der Waals surface area (Å²) in [5.74, 6) is 0.267. The van der Waals surface area contributed by atoms with Crippen molar-refractivity contribution in [2.45, 2.75) is 19.5 Å². The third-order valence-electron chi connectivity index (χ3n) is 3.26. The summed E-state index contributed by atoms with van der Waals surface area (Å²) < 4.78 is 6.01. The number of hydrogen-bond donors (Lipinski definition) is 2. The molecule has 0 atom stereocenters. The Morgan fingerprint density at radius 3 is 2.85 bits per heavy atom. The number of aliphatic imine (C=N–C) groups is 1. The average Bonchev–Trinajstić information content (AvgIpc) is 3.06. The lowest BCUT2D eigenvalue weighted by molar-refractivity contribution is -0.141. The molecule has 0 aliphatic heterocycles. The van der Waals surface area contributed by atoms with Gasteiger partial charge < -0.3 is 15.4 Å². The van der Waals surface area contributed by atoms with E-state index in [0.717, 1.165) is 12.0 Å². The van der Waals surface area contributed by atoms with Crippen molar-refractivity contribution in [1.29, 1.82) is 0 Å². The first-order chi connectivity index (χ1) is 12.1. The van der Waals surface area contributed by atoms with Crippen LogP contribution in [0.25, 0.3) is 0 Å². The van der Waals surface area contributed by atoms with Crippen LogP contribution in [0.15, 0.2) is 29.5 Å². The number of rotatable bonds is 7. The highest BCUT2D eigenvalue weighted by Gasteiger charge is 2.06. The number of hydrogen-bond acceptors (Lipinski definition) is 6. The van der Waals surface area contributed by atoms with Crippen LogP contribution in [0.5, 0.6) is 0 Å². The summed E-state index contributed by atoms with van der Waals surface area (Å²) in [6, 6.07) is 3.70. The molecule has 0 saturated carbocycles. The summed E-state index contributed by atoms with van der Waals surface area (Å²) in [6.07, 6.45) is 4.22. The SMILES string of the molecule is CN=C(NCCc1ccc(Cl)nc1)NCc1cn(CC(=O)OC)nn1.I. The molecule has 2 aromatic rings. The Bertz CT molecular complexity index is 721. The zero-order valence-electron chi connectivity index (χ0n) is 14.5. The summed E-state index contributed by atoms with van der Waals surface area (Å²) >= 11 is 5.76. The minimum Gasteiger partial charge on any atom is -0.468 e. The number of carbonyl (C=O) groups excluding carboxylic acids is 1. The average molecular weight is 494 g/mol. The molecule has 11 heteroatoms. The van der Waals surface area contributed by atoms with Crippen molar-refractivity contribution in [2.24, 2.45) is 4.99 Å². The van der Waals surface area contributed by atoms with Crippen LogP contribution in [0.3, 0.4) is 0 Å². The van der Waals surface area contributed by atoms with Gasteiger partial charge >= 0.3 is 5.97 Å². The number of esters is 1. The van der Waals surface area contributed by atoms with Gasteiger partial charge in [0.15, 0.2) is 5.96 Å². The number of guanidine groups is 1. The fourth-order valence-corrected chi connectivity index (χ4v) is 2.08. The number of halogens is 2. The van der Waals surface area contributed by atoms with Crippen molar-refractivity contribution >= 4 is 47.5 Å². The maximum absolute atomic E-state index is 11.2. The number of carbonyl (C=O) groups is 1. The second-order valence-corrected chi connectivity index (χ2v) is 5.46. The van der Waals surface area contributed by atoms with Crippen molar-refractivity contribution in [3.05, 3.63) is 40.9 Å². The molecule has 0 aromatic carbocycles. The largest absolute Gasteiger partial charge is 0.468 e. The van der Waals surface area contributed by atoms with Gasteiger partial charge in [0.05, 0.1) is 19.9 Å². The lowest BCUT2D eigenvalue weighted by Gasteiger charge is -2.10. The Kier molecular flexibility index (Phi) is 9.88. The van der Waals surface area contributed by atoms with Crippen LogP contribution < -0.4 is 10.6 Å². The Morgan fingerprint density at radius 1 is 1.38 bits per heavy atom. The molecule has 0 fully saturated rings. The van der Waals surface area contributed by atoms with E-state index < -0.39 is 0 Å². The molecule has 2 rings (SSSR count). The highest BCUT2D eigenvalue weighted by Crippen LogP contribution is 2.05. The maximum Gasteiger partial charge on any atom is 0.327 e. The third-order valence-corrected chi connectivity index (χ3v) is 3.48. The van der Waals surface area contributed by atoms with Gasteiger partial charge in [-0.2, -0.15) is 0 Å². The van der Waals surface area contributed by atoms with Crippen LogP contribution in [0, 0.1) is 0 Å². The van der Waals surface area contributed by atoms with E-state index >= 15 is 0 Å². The smallest absolute Gasteiger partial charge is 0.327 e. The number of nitrogens with zero attached hydrogens (tertiary/aromatic N) is 5. The first-order valence-electron chi connectivity index (χ1n) is 7.61. The van der Waals surface area contributed by atoms with Gasteiger partial charge in [-0.3, -0.25) is 9.79 Å². The number of aromatic nitrogens is 4. The van der Waals surface area contributed by atoms with E-state index in [2.05, 4.69) is 35.7 Å². The van der Waals surface area contributed by atoms with Gasteiger partial charge in [-0.15, -0.1) is 29.1 Å². The predicted octanol–water partition coefficient (Wildman–Crippen LogP) is 1.03. The van der Waals surface area contributed by atoms with Crippen LogP contribution in [-0.4, -0.2) is 52.6 Å². The monoisotopic (exact) mass is 493 g/mol. The molecule has 142 valence electrons. The van der Waals surface area contributed by atoms with Gasteiger partial charge in [0, 0.05) is 19.8 Å². The number of methoxy groups -OCH3 is 1. The molecule has 0 bridgehead atoms. The number of ether oxygens (including phenoxy) is 1. The van der Waals surface area contributed by atoms with E-state index in [0.29, 0.717) is 29.9 Å². The third kappa shape index (κ3) is 7.52. The molecular weight excluding hydrogens is 473 g/mol. The molecule has 0 amide bonds. The van der Waals surface area contributed by atoms with E-state index in [1.54, 1.807) is 25.5 Å². The number of nitrogens with one attached hydrogen (secondary N) is 2. The second-order valence-electron chi connectivity index (χ2n) is 5.08. The fourth-order valence-electron chi connectivity index (χ4n) is 1.97. The van der Waals surface area contributed by atoms with Crippen molar-refractivity contribution in [3.8, 4) is 0 Å². The highest BCUT2D eigenvalue weighted by atomic mass is 127. The summed E-state index contributed by atoms with van der Waals surface area (Å²) in [5.41, 5.74) is 1.77. The second kappa shape index (κ2) is 11.6. The van der Waals surface area contributed by atoms with Crippen molar-refractivity contribution in [3.63, 3.8) is 0 Å². The normalized spacial score (nSPS) is 10.8. The number of pyridine rings is 1. The summed E-state index contributed by atoms with van der Waals surface area (Å²) in [7, 11) is 3.02. The van der Waals surface area contributed by atoms with Gasteiger partial charge in [0.1, 0.15) is 17.4 Å². The molecular formula is C15H21ClIN7O2. The first-order valence-corrected chi connectivity index (χ1v) is 7.99. The molecule has 2 heterocycles. The molecule has 0 aliphatic rings. The van der Waals surface area contributed by atoms with Crippen LogP contribution >= 0.6 is 35.6 Å². The molecule has 0 saturated heterocycles. The van der Waals surface area contributed by atoms with Gasteiger partial charge in [0.25, 0.3) is 0 Å². The van der Waals surface area contributed by atoms with E-state index in [-0.39, 0.29) is 36.5 Å². The minimum atomic E-state index is -0.376. The van der Waals surface area contributed by atoms with Gasteiger partial charge in [-0.05, 0) is 18.1 Å². The Balaban J connectivity index is 0.00000338. The zero-order chi connectivity index (χ0) is 18.1. The highest BCUT2D eigenvalue weighted by molar-refractivity contribution is 14.0. The van der Waals surface area contributed by atoms with Gasteiger partial charge in [-0.1, -0.05) is 22.9 Å². The molecule has 0 unspecified atom stereocenters. The lowest BCUT2D eigenvalue weighted by atomic mass is 10.2. The minimum absolute atomic E-state index is 0. The van der Waals surface area contributed by atoms with Crippen LogP contribution in [-0.2, 0) is 29.0 Å². The van der Waals surface area contributed by atoms with Crippen molar-refractivity contribution in [1.82, 2.24) is 30.6 Å². The standard InChI is InChI=1S/C15H20ClN7O2.HI/c1-17-15(18-6-5-11-3-4-13(16)19-7-11)20-8-12-9-23(22-21-12)10-14(24)25-2;/h3-4,7,9H,5-6,8,10H2,1-2H3,(H2,17,18,20);1H. The molecule has 0 spiro atoms. The molecule has 0 aliphatic carbocycles. The lowest BCUT2D eigenvalue weighted by Crippen LogP contribution is -2.37. The van der Waals surface area contributed by atoms with Crippen molar-refractivity contribution in [2.75, 3.05) is 20.7 Å². The molecule has 9 nitrogen and oxygen atoms in total. The van der Waals surface area contributed by atoms with Crippen molar-refractivity contribution < 1.29 is 9.53 Å². The van der Waals surface area contributed by atoms with E-state index in [1.807, 2.05) is 6.07 Å². The van der Waals surface area contributed by atoms with Gasteiger partial charge in [-0.25, -0.2) is 9.67 Å². The Labute approximate surface area is 173 Å². The van der Waals surface area contributed by atoms with Crippen LogP contribution in [0.1, 0.15) is 11.3 Å². The van der Waals surface area contributed by atoms with Crippen LogP contribution in [0.2, 0.25) is 5.15 Å². The fraction of sp³-hybridized carbons (Fsp3) is 0.400. The van der Waals surface area contributed by atoms with E-state index in [9.17, 15) is 4.79 Å². The molecule has 2 N–H and O–H groups in total. The molecule has 26 heavy (non-hydrogen) atoms. The Hall–Kier alpha value is -1.95. The first kappa shape index (κ1) is 22.1. The van der Waals surface area contributed by atoms with E-state index in [4.69, 9.17) is 11.6 Å². The molecule has 2 aromatic heterocycles. The van der Waals surface area contributed by atoms with Gasteiger partial charge in [0.2, 0.25) is 0 Å².